The van der Waals surface area contributed by atoms with E-state index in [2.05, 4.69) is 10.00 Å². The number of nitrogens with zero attached hydrogens (tertiary/aromatic N) is 4. The number of hydrogen-bond acceptors (Lipinski definition) is 3. The van der Waals surface area contributed by atoms with E-state index in [4.69, 9.17) is 11.6 Å². The number of hydrogen-bond donors (Lipinski definition) is 0. The Kier molecular flexibility index (Phi) is 5.44. The number of anilines is 1. The molecule has 6 heteroatoms. The Hall–Kier alpha value is -3.05. The standard InChI is InChI=1S/C22H21ClN4O/c23-19-5-4-8-21(15-19)25-11-13-26(14-12-25)22(28)10-9-18-16-24-27(17-18)20-6-2-1-3-7-20/h1-10,15-17H,11-14H2/b10-9+. The van der Waals surface area contributed by atoms with Gasteiger partial charge in [0.25, 0.3) is 0 Å². The highest BCUT2D eigenvalue weighted by Crippen LogP contribution is 2.21. The second-order valence-corrected chi connectivity index (χ2v) is 7.12. The fraction of sp³-hybridized carbons (Fsp3) is 0.182. The molecule has 0 bridgehead atoms. The summed E-state index contributed by atoms with van der Waals surface area (Å²) in [5, 5.41) is 5.08. The summed E-state index contributed by atoms with van der Waals surface area (Å²) in [4.78, 5) is 16.6. The molecule has 1 aliphatic heterocycles. The summed E-state index contributed by atoms with van der Waals surface area (Å²) in [5.41, 5.74) is 2.99. The maximum atomic E-state index is 12.5. The molecule has 1 saturated heterocycles. The van der Waals surface area contributed by atoms with Gasteiger partial charge in [-0.25, -0.2) is 4.68 Å². The first-order valence-corrected chi connectivity index (χ1v) is 9.64. The fourth-order valence-electron chi connectivity index (χ4n) is 3.28. The van der Waals surface area contributed by atoms with Gasteiger partial charge in [-0.1, -0.05) is 35.9 Å². The highest BCUT2D eigenvalue weighted by Gasteiger charge is 2.19. The Labute approximate surface area is 169 Å². The molecule has 1 fully saturated rings. The van der Waals surface area contributed by atoms with Crippen molar-refractivity contribution < 1.29 is 4.79 Å². The van der Waals surface area contributed by atoms with Crippen LogP contribution in [0.3, 0.4) is 0 Å². The van der Waals surface area contributed by atoms with Gasteiger partial charge in [0, 0.05) is 54.7 Å². The second kappa shape index (κ2) is 8.31. The third-order valence-electron chi connectivity index (χ3n) is 4.81. The Morgan fingerprint density at radius 3 is 2.46 bits per heavy atom. The third-order valence-corrected chi connectivity index (χ3v) is 5.04. The van der Waals surface area contributed by atoms with Gasteiger partial charge < -0.3 is 9.80 Å². The molecule has 3 aromatic rings. The average Bonchev–Trinajstić information content (AvgIpc) is 3.22. The van der Waals surface area contributed by atoms with Crippen molar-refractivity contribution in [2.75, 3.05) is 31.1 Å². The molecule has 0 atom stereocenters. The van der Waals surface area contributed by atoms with Crippen molar-refractivity contribution in [3.8, 4) is 5.69 Å². The molecule has 5 nitrogen and oxygen atoms in total. The van der Waals surface area contributed by atoms with E-state index in [0.717, 1.165) is 35.1 Å². The summed E-state index contributed by atoms with van der Waals surface area (Å²) in [6.45, 7) is 2.98. The number of amides is 1. The smallest absolute Gasteiger partial charge is 0.246 e. The van der Waals surface area contributed by atoms with Crippen LogP contribution in [0.2, 0.25) is 5.02 Å². The molecule has 1 aliphatic rings. The van der Waals surface area contributed by atoms with Crippen LogP contribution >= 0.6 is 11.6 Å². The first-order chi connectivity index (χ1) is 13.7. The van der Waals surface area contributed by atoms with Crippen LogP contribution < -0.4 is 4.90 Å². The van der Waals surface area contributed by atoms with Crippen LogP contribution in [0.1, 0.15) is 5.56 Å². The van der Waals surface area contributed by atoms with Gasteiger partial charge in [0.15, 0.2) is 0 Å². The zero-order valence-electron chi connectivity index (χ0n) is 15.4. The normalized spacial score (nSPS) is 14.6. The number of piperazine rings is 1. The van der Waals surface area contributed by atoms with Crippen LogP contribution in [0.15, 0.2) is 73.1 Å². The summed E-state index contributed by atoms with van der Waals surface area (Å²) < 4.78 is 1.80. The maximum Gasteiger partial charge on any atom is 0.246 e. The van der Waals surface area contributed by atoms with Crippen molar-refractivity contribution >= 4 is 29.3 Å². The SMILES string of the molecule is O=C(/C=C/c1cnn(-c2ccccc2)c1)N1CCN(c2cccc(Cl)c2)CC1. The molecule has 1 aromatic heterocycles. The summed E-state index contributed by atoms with van der Waals surface area (Å²) >= 11 is 6.08. The van der Waals surface area contributed by atoms with Gasteiger partial charge in [-0.2, -0.15) is 5.10 Å². The monoisotopic (exact) mass is 392 g/mol. The van der Waals surface area contributed by atoms with Crippen molar-refractivity contribution in [2.24, 2.45) is 0 Å². The summed E-state index contributed by atoms with van der Waals surface area (Å²) in [5.74, 6) is 0.0261. The van der Waals surface area contributed by atoms with E-state index in [9.17, 15) is 4.79 Å². The minimum absolute atomic E-state index is 0.0261. The number of halogens is 1. The van der Waals surface area contributed by atoms with Crippen molar-refractivity contribution in [1.82, 2.24) is 14.7 Å². The van der Waals surface area contributed by atoms with Crippen LogP contribution in [-0.2, 0) is 4.79 Å². The number of carbonyl (C=O) groups is 1. The Morgan fingerprint density at radius 2 is 1.71 bits per heavy atom. The molecular formula is C22H21ClN4O. The van der Waals surface area contributed by atoms with Gasteiger partial charge in [-0.3, -0.25) is 4.79 Å². The molecule has 2 aromatic carbocycles. The van der Waals surface area contributed by atoms with Crippen LogP contribution in [0.25, 0.3) is 11.8 Å². The lowest BCUT2D eigenvalue weighted by atomic mass is 10.2. The van der Waals surface area contributed by atoms with Crippen LogP contribution in [-0.4, -0.2) is 46.8 Å². The van der Waals surface area contributed by atoms with Crippen molar-refractivity contribution in [2.45, 2.75) is 0 Å². The fourth-order valence-corrected chi connectivity index (χ4v) is 3.46. The molecule has 0 spiro atoms. The Balaban J connectivity index is 1.34. The first kappa shape index (κ1) is 18.3. The van der Waals surface area contributed by atoms with Gasteiger partial charge >= 0.3 is 0 Å². The molecule has 0 unspecified atom stereocenters. The lowest BCUT2D eigenvalue weighted by Crippen LogP contribution is -2.48. The predicted molar refractivity (Wildman–Crippen MR) is 113 cm³/mol. The van der Waals surface area contributed by atoms with E-state index in [-0.39, 0.29) is 5.91 Å². The summed E-state index contributed by atoms with van der Waals surface area (Å²) in [6.07, 6.45) is 7.11. The van der Waals surface area contributed by atoms with E-state index in [1.54, 1.807) is 17.0 Å². The van der Waals surface area contributed by atoms with Crippen LogP contribution in [0.5, 0.6) is 0 Å². The molecule has 1 amide bonds. The van der Waals surface area contributed by atoms with Gasteiger partial charge in [0.1, 0.15) is 0 Å². The van der Waals surface area contributed by atoms with Crippen molar-refractivity contribution in [3.63, 3.8) is 0 Å². The second-order valence-electron chi connectivity index (χ2n) is 6.68. The lowest BCUT2D eigenvalue weighted by molar-refractivity contribution is -0.126. The highest BCUT2D eigenvalue weighted by atomic mass is 35.5. The van der Waals surface area contributed by atoms with Gasteiger partial charge in [-0.15, -0.1) is 0 Å². The minimum atomic E-state index is 0.0261. The maximum absolute atomic E-state index is 12.5. The molecule has 0 saturated carbocycles. The zero-order chi connectivity index (χ0) is 19.3. The lowest BCUT2D eigenvalue weighted by Gasteiger charge is -2.35. The quantitative estimate of drug-likeness (QED) is 0.632. The molecular weight excluding hydrogens is 372 g/mol. The Morgan fingerprint density at radius 1 is 0.964 bits per heavy atom. The third kappa shape index (κ3) is 4.26. The number of benzene rings is 2. The predicted octanol–water partition coefficient (Wildman–Crippen LogP) is 3.89. The minimum Gasteiger partial charge on any atom is -0.368 e. The van der Waals surface area contributed by atoms with E-state index < -0.39 is 0 Å². The summed E-state index contributed by atoms with van der Waals surface area (Å²) in [7, 11) is 0. The van der Waals surface area contributed by atoms with E-state index in [1.165, 1.54) is 0 Å². The molecule has 4 rings (SSSR count). The highest BCUT2D eigenvalue weighted by molar-refractivity contribution is 6.30. The number of rotatable bonds is 4. The average molecular weight is 393 g/mol. The Bertz CT molecular complexity index is 975. The number of aromatic nitrogens is 2. The molecule has 0 aliphatic carbocycles. The molecule has 0 N–H and O–H groups in total. The molecule has 142 valence electrons. The molecule has 28 heavy (non-hydrogen) atoms. The van der Waals surface area contributed by atoms with Crippen molar-refractivity contribution in [3.05, 3.63) is 83.7 Å². The van der Waals surface area contributed by atoms with E-state index in [0.29, 0.717) is 13.1 Å². The van der Waals surface area contributed by atoms with Gasteiger partial charge in [0.05, 0.1) is 11.9 Å². The largest absolute Gasteiger partial charge is 0.368 e. The van der Waals surface area contributed by atoms with E-state index in [1.807, 2.05) is 71.8 Å². The van der Waals surface area contributed by atoms with Crippen LogP contribution in [0.4, 0.5) is 5.69 Å². The number of para-hydroxylation sites is 1. The molecule has 0 radical (unpaired) electrons. The van der Waals surface area contributed by atoms with Crippen molar-refractivity contribution in [1.29, 1.82) is 0 Å². The topological polar surface area (TPSA) is 41.4 Å². The number of carbonyl (C=O) groups excluding carboxylic acids is 1. The summed E-state index contributed by atoms with van der Waals surface area (Å²) in [6, 6.07) is 17.7. The van der Waals surface area contributed by atoms with Gasteiger partial charge in [-0.05, 0) is 36.4 Å². The van der Waals surface area contributed by atoms with Crippen LogP contribution in [0, 0.1) is 0 Å². The zero-order valence-corrected chi connectivity index (χ0v) is 16.2. The molecule has 2 heterocycles. The van der Waals surface area contributed by atoms with Gasteiger partial charge in [0.2, 0.25) is 5.91 Å². The first-order valence-electron chi connectivity index (χ1n) is 9.27. The van der Waals surface area contributed by atoms with E-state index >= 15 is 0 Å².